The Balaban J connectivity index is 2.76. The van der Waals surface area contributed by atoms with Gasteiger partial charge >= 0.3 is 0 Å². The molecule has 2 heteroatoms. The molecule has 2 N–H and O–H groups in total. The molecule has 0 amide bonds. The molecule has 0 aliphatic rings. The summed E-state index contributed by atoms with van der Waals surface area (Å²) >= 11 is 0. The molecule has 1 aromatic carbocycles. The number of hydrogen-bond acceptors (Lipinski definition) is 2. The van der Waals surface area contributed by atoms with Crippen LogP contribution in [0, 0.1) is 6.92 Å². The lowest BCUT2D eigenvalue weighted by atomic mass is 10.2. The number of benzene rings is 1. The molecule has 0 bridgehead atoms. The minimum absolute atomic E-state index is 0.278. The van der Waals surface area contributed by atoms with Gasteiger partial charge in [-0.1, -0.05) is 19.9 Å². The fraction of sp³-hybridized carbons (Fsp3) is 0.500. The molecule has 78 valence electrons. The average molecular weight is 193 g/mol. The zero-order chi connectivity index (χ0) is 10.6. The van der Waals surface area contributed by atoms with Crippen LogP contribution in [0.2, 0.25) is 0 Å². The summed E-state index contributed by atoms with van der Waals surface area (Å²) in [5.41, 5.74) is 7.75. The maximum Gasteiger partial charge on any atom is 0.142 e. The van der Waals surface area contributed by atoms with Gasteiger partial charge in [0.2, 0.25) is 0 Å². The second kappa shape index (κ2) is 4.89. The fourth-order valence-electron chi connectivity index (χ4n) is 1.41. The van der Waals surface area contributed by atoms with Gasteiger partial charge in [-0.2, -0.15) is 0 Å². The Bertz CT molecular complexity index is 292. The normalized spacial score (nSPS) is 10.6. The molecule has 0 spiro atoms. The molecule has 0 fully saturated rings. The van der Waals surface area contributed by atoms with E-state index >= 15 is 0 Å². The lowest BCUT2D eigenvalue weighted by Gasteiger charge is -2.17. The number of rotatable bonds is 4. The number of anilines is 1. The van der Waals surface area contributed by atoms with Crippen molar-refractivity contribution in [1.82, 2.24) is 0 Å². The van der Waals surface area contributed by atoms with Crippen LogP contribution in [0.25, 0.3) is 0 Å². The van der Waals surface area contributed by atoms with Crippen LogP contribution in [0.1, 0.15) is 32.3 Å². The van der Waals surface area contributed by atoms with E-state index in [4.69, 9.17) is 10.5 Å². The van der Waals surface area contributed by atoms with Crippen LogP contribution in [0.4, 0.5) is 5.69 Å². The molecule has 0 aliphatic carbocycles. The summed E-state index contributed by atoms with van der Waals surface area (Å²) in [6.45, 7) is 6.27. The molecule has 0 heterocycles. The monoisotopic (exact) mass is 193 g/mol. The Hall–Kier alpha value is -1.18. The van der Waals surface area contributed by atoms with Crippen molar-refractivity contribution in [3.8, 4) is 5.75 Å². The van der Waals surface area contributed by atoms with E-state index in [0.717, 1.165) is 24.3 Å². The molecule has 1 aromatic rings. The molecule has 14 heavy (non-hydrogen) atoms. The summed E-state index contributed by atoms with van der Waals surface area (Å²) in [5, 5.41) is 0. The van der Waals surface area contributed by atoms with Crippen LogP contribution >= 0.6 is 0 Å². The Morgan fingerprint density at radius 2 is 1.93 bits per heavy atom. The van der Waals surface area contributed by atoms with E-state index in [2.05, 4.69) is 13.8 Å². The second-order valence-electron chi connectivity index (χ2n) is 3.60. The standard InChI is InChI=1S/C12H19NO/c1-4-10(5-2)14-12-7-6-9(3)8-11(12)13/h6-8,10H,4-5,13H2,1-3H3. The Morgan fingerprint density at radius 3 is 2.43 bits per heavy atom. The number of nitrogens with two attached hydrogens (primary N) is 1. The summed E-state index contributed by atoms with van der Waals surface area (Å²) in [6, 6.07) is 5.91. The number of ether oxygens (including phenoxy) is 1. The fourth-order valence-corrected chi connectivity index (χ4v) is 1.41. The van der Waals surface area contributed by atoms with Gasteiger partial charge in [0.1, 0.15) is 5.75 Å². The lowest BCUT2D eigenvalue weighted by molar-refractivity contribution is 0.194. The van der Waals surface area contributed by atoms with E-state index in [1.165, 1.54) is 5.56 Å². The van der Waals surface area contributed by atoms with Crippen LogP contribution in [-0.2, 0) is 0 Å². The first-order valence-electron chi connectivity index (χ1n) is 5.20. The number of aryl methyl sites for hydroxylation is 1. The quantitative estimate of drug-likeness (QED) is 0.745. The summed E-state index contributed by atoms with van der Waals surface area (Å²) in [4.78, 5) is 0. The zero-order valence-corrected chi connectivity index (χ0v) is 9.21. The van der Waals surface area contributed by atoms with Gasteiger partial charge in [0.05, 0.1) is 11.8 Å². The van der Waals surface area contributed by atoms with Crippen LogP contribution in [0.3, 0.4) is 0 Å². The Morgan fingerprint density at radius 1 is 1.29 bits per heavy atom. The highest BCUT2D eigenvalue weighted by atomic mass is 16.5. The molecule has 0 aromatic heterocycles. The van der Waals surface area contributed by atoms with Gasteiger partial charge < -0.3 is 10.5 Å². The van der Waals surface area contributed by atoms with Crippen molar-refractivity contribution in [2.75, 3.05) is 5.73 Å². The van der Waals surface area contributed by atoms with Crippen molar-refractivity contribution in [3.05, 3.63) is 23.8 Å². The topological polar surface area (TPSA) is 35.2 Å². The van der Waals surface area contributed by atoms with E-state index < -0.39 is 0 Å². The van der Waals surface area contributed by atoms with Crippen molar-refractivity contribution in [3.63, 3.8) is 0 Å². The maximum atomic E-state index is 5.85. The summed E-state index contributed by atoms with van der Waals surface area (Å²) in [7, 11) is 0. The number of nitrogen functional groups attached to an aromatic ring is 1. The highest BCUT2D eigenvalue weighted by Gasteiger charge is 2.07. The molecular formula is C12H19NO. The molecule has 0 radical (unpaired) electrons. The highest BCUT2D eigenvalue weighted by Crippen LogP contribution is 2.24. The third-order valence-electron chi connectivity index (χ3n) is 2.37. The summed E-state index contributed by atoms with van der Waals surface area (Å²) in [6.07, 6.45) is 2.31. The molecule has 0 saturated carbocycles. The molecule has 0 aliphatic heterocycles. The first-order valence-corrected chi connectivity index (χ1v) is 5.20. The minimum Gasteiger partial charge on any atom is -0.488 e. The number of hydrogen-bond donors (Lipinski definition) is 1. The van der Waals surface area contributed by atoms with Crippen LogP contribution in [-0.4, -0.2) is 6.10 Å². The van der Waals surface area contributed by atoms with Crippen molar-refractivity contribution < 1.29 is 4.74 Å². The summed E-state index contributed by atoms with van der Waals surface area (Å²) in [5.74, 6) is 0.810. The molecule has 1 rings (SSSR count). The average Bonchev–Trinajstić information content (AvgIpc) is 2.17. The van der Waals surface area contributed by atoms with Crippen molar-refractivity contribution >= 4 is 5.69 Å². The van der Waals surface area contributed by atoms with E-state index in [9.17, 15) is 0 Å². The Labute approximate surface area is 86.1 Å². The smallest absolute Gasteiger partial charge is 0.142 e. The van der Waals surface area contributed by atoms with E-state index in [1.54, 1.807) is 0 Å². The van der Waals surface area contributed by atoms with Gasteiger partial charge in [-0.25, -0.2) is 0 Å². The van der Waals surface area contributed by atoms with Crippen molar-refractivity contribution in [2.45, 2.75) is 39.7 Å². The predicted octanol–water partition coefficient (Wildman–Crippen LogP) is 3.14. The van der Waals surface area contributed by atoms with Gasteiger partial charge in [0.25, 0.3) is 0 Å². The summed E-state index contributed by atoms with van der Waals surface area (Å²) < 4.78 is 5.77. The van der Waals surface area contributed by atoms with Crippen LogP contribution in [0.15, 0.2) is 18.2 Å². The highest BCUT2D eigenvalue weighted by molar-refractivity contribution is 5.54. The van der Waals surface area contributed by atoms with Crippen LogP contribution in [0.5, 0.6) is 5.75 Å². The largest absolute Gasteiger partial charge is 0.488 e. The zero-order valence-electron chi connectivity index (χ0n) is 9.21. The predicted molar refractivity (Wildman–Crippen MR) is 60.6 cm³/mol. The molecule has 0 saturated heterocycles. The van der Waals surface area contributed by atoms with E-state index in [1.807, 2.05) is 25.1 Å². The van der Waals surface area contributed by atoms with Crippen molar-refractivity contribution in [2.24, 2.45) is 0 Å². The van der Waals surface area contributed by atoms with Crippen molar-refractivity contribution in [1.29, 1.82) is 0 Å². The molecule has 0 atom stereocenters. The second-order valence-corrected chi connectivity index (χ2v) is 3.60. The van der Waals surface area contributed by atoms with Gasteiger partial charge in [-0.15, -0.1) is 0 Å². The van der Waals surface area contributed by atoms with Gasteiger partial charge in [-0.05, 0) is 37.5 Å². The van der Waals surface area contributed by atoms with E-state index in [0.29, 0.717) is 0 Å². The van der Waals surface area contributed by atoms with Gasteiger partial charge in [0, 0.05) is 0 Å². The minimum atomic E-state index is 0.278. The van der Waals surface area contributed by atoms with Crippen LogP contribution < -0.4 is 10.5 Å². The maximum absolute atomic E-state index is 5.85. The molecule has 0 unspecified atom stereocenters. The first-order chi connectivity index (χ1) is 6.67. The molecular weight excluding hydrogens is 174 g/mol. The SMILES string of the molecule is CCC(CC)Oc1ccc(C)cc1N. The third kappa shape index (κ3) is 2.66. The van der Waals surface area contributed by atoms with Gasteiger partial charge in [0.15, 0.2) is 0 Å². The van der Waals surface area contributed by atoms with E-state index in [-0.39, 0.29) is 6.10 Å². The third-order valence-corrected chi connectivity index (χ3v) is 2.37. The van der Waals surface area contributed by atoms with Gasteiger partial charge in [-0.3, -0.25) is 0 Å². The first kappa shape index (κ1) is 10.9. The lowest BCUT2D eigenvalue weighted by Crippen LogP contribution is -2.14. The molecule has 2 nitrogen and oxygen atoms in total. The Kier molecular flexibility index (Phi) is 3.81.